The van der Waals surface area contributed by atoms with Crippen molar-refractivity contribution in [2.45, 2.75) is 19.5 Å². The zero-order valence-electron chi connectivity index (χ0n) is 10.2. The molecule has 88 valence electrons. The fourth-order valence-corrected chi connectivity index (χ4v) is 1.97. The van der Waals surface area contributed by atoms with Crippen molar-refractivity contribution in [3.8, 4) is 0 Å². The van der Waals surface area contributed by atoms with Gasteiger partial charge in [-0.3, -0.25) is 0 Å². The van der Waals surface area contributed by atoms with E-state index in [0.29, 0.717) is 6.54 Å². The number of aromatic nitrogens is 2. The van der Waals surface area contributed by atoms with Gasteiger partial charge in [0.2, 0.25) is 5.95 Å². The summed E-state index contributed by atoms with van der Waals surface area (Å²) >= 11 is 0. The molecule has 1 aromatic heterocycles. The average molecular weight is 221 g/mol. The first-order valence-electron chi connectivity index (χ1n) is 5.56. The van der Waals surface area contributed by atoms with Crippen LogP contribution in [0.2, 0.25) is 0 Å². The van der Waals surface area contributed by atoms with E-state index in [2.05, 4.69) is 21.9 Å². The number of anilines is 1. The van der Waals surface area contributed by atoms with Crippen molar-refractivity contribution in [2.75, 3.05) is 32.6 Å². The van der Waals surface area contributed by atoms with Crippen molar-refractivity contribution in [1.82, 2.24) is 14.9 Å². The summed E-state index contributed by atoms with van der Waals surface area (Å²) in [6, 6.07) is 0. The third-order valence-electron chi connectivity index (χ3n) is 2.92. The number of nitrogens with zero attached hydrogens (tertiary/aromatic N) is 4. The SMILES string of the molecule is CN1CCc2nc(N(C)C)nc(CN)c2C1. The first-order chi connectivity index (χ1) is 7.61. The van der Waals surface area contributed by atoms with E-state index >= 15 is 0 Å². The highest BCUT2D eigenvalue weighted by molar-refractivity contribution is 5.37. The Morgan fingerprint density at radius 3 is 2.75 bits per heavy atom. The first kappa shape index (κ1) is 11.3. The van der Waals surface area contributed by atoms with Gasteiger partial charge in [0.15, 0.2) is 0 Å². The zero-order chi connectivity index (χ0) is 11.7. The first-order valence-corrected chi connectivity index (χ1v) is 5.56. The van der Waals surface area contributed by atoms with Gasteiger partial charge in [0, 0.05) is 45.7 Å². The normalized spacial score (nSPS) is 16.0. The van der Waals surface area contributed by atoms with E-state index in [9.17, 15) is 0 Å². The molecule has 2 heterocycles. The lowest BCUT2D eigenvalue weighted by molar-refractivity contribution is 0.307. The number of likely N-dealkylation sites (N-methyl/N-ethyl adjacent to an activating group) is 1. The third-order valence-corrected chi connectivity index (χ3v) is 2.92. The van der Waals surface area contributed by atoms with E-state index < -0.39 is 0 Å². The van der Waals surface area contributed by atoms with Crippen LogP contribution in [0.1, 0.15) is 17.0 Å². The summed E-state index contributed by atoms with van der Waals surface area (Å²) in [7, 11) is 6.02. The Balaban J connectivity index is 2.46. The Hall–Kier alpha value is -1.20. The third kappa shape index (κ3) is 2.01. The van der Waals surface area contributed by atoms with Crippen molar-refractivity contribution >= 4 is 5.95 Å². The van der Waals surface area contributed by atoms with Gasteiger partial charge in [0.1, 0.15) is 0 Å². The molecule has 0 saturated heterocycles. The Morgan fingerprint density at radius 2 is 2.12 bits per heavy atom. The monoisotopic (exact) mass is 221 g/mol. The maximum absolute atomic E-state index is 5.76. The topological polar surface area (TPSA) is 58.3 Å². The molecule has 1 aromatic rings. The molecule has 0 fully saturated rings. The smallest absolute Gasteiger partial charge is 0.225 e. The van der Waals surface area contributed by atoms with E-state index in [-0.39, 0.29) is 0 Å². The van der Waals surface area contributed by atoms with Crippen molar-refractivity contribution in [3.63, 3.8) is 0 Å². The Labute approximate surface area is 96.3 Å². The molecule has 0 aromatic carbocycles. The van der Waals surface area contributed by atoms with Gasteiger partial charge in [-0.15, -0.1) is 0 Å². The summed E-state index contributed by atoms with van der Waals surface area (Å²) in [5.41, 5.74) is 9.14. The van der Waals surface area contributed by atoms with Gasteiger partial charge in [-0.2, -0.15) is 0 Å². The standard InChI is InChI=1S/C11H19N5/c1-15(2)11-13-9-4-5-16(3)7-8(9)10(6-12)14-11/h4-7,12H2,1-3H3. The van der Waals surface area contributed by atoms with Gasteiger partial charge >= 0.3 is 0 Å². The van der Waals surface area contributed by atoms with Gasteiger partial charge in [-0.25, -0.2) is 9.97 Å². The van der Waals surface area contributed by atoms with Crippen LogP contribution in [0, 0.1) is 0 Å². The van der Waals surface area contributed by atoms with Gasteiger partial charge in [-0.05, 0) is 7.05 Å². The highest BCUT2D eigenvalue weighted by Crippen LogP contribution is 2.21. The van der Waals surface area contributed by atoms with Crippen LogP contribution in [0.5, 0.6) is 0 Å². The molecule has 0 atom stereocenters. The summed E-state index contributed by atoms with van der Waals surface area (Å²) in [4.78, 5) is 13.3. The van der Waals surface area contributed by atoms with E-state index in [1.54, 1.807) is 0 Å². The lowest BCUT2D eigenvalue weighted by Crippen LogP contribution is -2.30. The second kappa shape index (κ2) is 4.35. The maximum atomic E-state index is 5.76. The summed E-state index contributed by atoms with van der Waals surface area (Å²) in [5, 5.41) is 0. The summed E-state index contributed by atoms with van der Waals surface area (Å²) in [6.45, 7) is 2.45. The second-order valence-corrected chi connectivity index (χ2v) is 4.48. The molecule has 0 radical (unpaired) electrons. The minimum Gasteiger partial charge on any atom is -0.347 e. The molecular weight excluding hydrogens is 202 g/mol. The molecule has 5 nitrogen and oxygen atoms in total. The van der Waals surface area contributed by atoms with Crippen LogP contribution in [0.25, 0.3) is 0 Å². The van der Waals surface area contributed by atoms with E-state index in [1.807, 2.05) is 19.0 Å². The van der Waals surface area contributed by atoms with Crippen molar-refractivity contribution in [2.24, 2.45) is 5.73 Å². The van der Waals surface area contributed by atoms with Crippen LogP contribution in [0.4, 0.5) is 5.95 Å². The molecule has 2 rings (SSSR count). The Morgan fingerprint density at radius 1 is 1.38 bits per heavy atom. The minimum atomic E-state index is 0.486. The fraction of sp³-hybridized carbons (Fsp3) is 0.636. The molecule has 16 heavy (non-hydrogen) atoms. The number of nitrogens with two attached hydrogens (primary N) is 1. The van der Waals surface area contributed by atoms with Crippen molar-refractivity contribution < 1.29 is 0 Å². The highest BCUT2D eigenvalue weighted by atomic mass is 15.2. The van der Waals surface area contributed by atoms with Crippen LogP contribution >= 0.6 is 0 Å². The average Bonchev–Trinajstić information content (AvgIpc) is 2.27. The van der Waals surface area contributed by atoms with Gasteiger partial charge in [0.25, 0.3) is 0 Å². The molecule has 0 bridgehead atoms. The Bertz CT molecular complexity index is 371. The molecule has 0 amide bonds. The van der Waals surface area contributed by atoms with Crippen molar-refractivity contribution in [1.29, 1.82) is 0 Å². The number of fused-ring (bicyclic) bond motifs is 1. The number of hydrogen-bond acceptors (Lipinski definition) is 5. The quantitative estimate of drug-likeness (QED) is 0.761. The van der Waals surface area contributed by atoms with Crippen LogP contribution in [-0.4, -0.2) is 42.6 Å². The number of hydrogen-bond donors (Lipinski definition) is 1. The predicted octanol–water partition coefficient (Wildman–Crippen LogP) is -0.0108. The minimum absolute atomic E-state index is 0.486. The molecule has 2 N–H and O–H groups in total. The molecular formula is C11H19N5. The summed E-state index contributed by atoms with van der Waals surface area (Å²) in [6.07, 6.45) is 0.988. The summed E-state index contributed by atoms with van der Waals surface area (Å²) < 4.78 is 0. The van der Waals surface area contributed by atoms with Crippen LogP contribution < -0.4 is 10.6 Å². The van der Waals surface area contributed by atoms with Crippen LogP contribution in [-0.2, 0) is 19.5 Å². The molecule has 0 saturated carbocycles. The van der Waals surface area contributed by atoms with Gasteiger partial charge in [0.05, 0.1) is 11.4 Å². The summed E-state index contributed by atoms with van der Waals surface area (Å²) in [5.74, 6) is 0.767. The highest BCUT2D eigenvalue weighted by Gasteiger charge is 2.20. The lowest BCUT2D eigenvalue weighted by atomic mass is 10.0. The number of rotatable bonds is 2. The van der Waals surface area contributed by atoms with E-state index in [1.165, 1.54) is 5.56 Å². The van der Waals surface area contributed by atoms with Gasteiger partial charge in [-0.1, -0.05) is 0 Å². The van der Waals surface area contributed by atoms with Crippen LogP contribution in [0.15, 0.2) is 0 Å². The lowest BCUT2D eigenvalue weighted by Gasteiger charge is -2.26. The fourth-order valence-electron chi connectivity index (χ4n) is 1.97. The van der Waals surface area contributed by atoms with Gasteiger partial charge < -0.3 is 15.5 Å². The molecule has 1 aliphatic heterocycles. The maximum Gasteiger partial charge on any atom is 0.225 e. The van der Waals surface area contributed by atoms with E-state index in [0.717, 1.165) is 36.8 Å². The molecule has 0 aliphatic carbocycles. The Kier molecular flexibility index (Phi) is 3.07. The second-order valence-electron chi connectivity index (χ2n) is 4.48. The van der Waals surface area contributed by atoms with Crippen molar-refractivity contribution in [3.05, 3.63) is 17.0 Å². The molecule has 1 aliphatic rings. The van der Waals surface area contributed by atoms with Crippen LogP contribution in [0.3, 0.4) is 0 Å². The molecule has 5 heteroatoms. The molecule has 0 spiro atoms. The van der Waals surface area contributed by atoms with E-state index in [4.69, 9.17) is 5.73 Å². The predicted molar refractivity (Wildman–Crippen MR) is 64.3 cm³/mol. The largest absolute Gasteiger partial charge is 0.347 e. The zero-order valence-corrected chi connectivity index (χ0v) is 10.2. The molecule has 0 unspecified atom stereocenters.